The van der Waals surface area contributed by atoms with Crippen molar-refractivity contribution in [1.82, 2.24) is 19.9 Å². The molecule has 0 fully saturated rings. The number of unbranched alkanes of at least 4 members (excludes halogenated alkanes) is 1. The van der Waals surface area contributed by atoms with Gasteiger partial charge in [0.05, 0.1) is 12.5 Å². The molecule has 0 aliphatic rings. The number of nitrogens with zero attached hydrogens (tertiary/aromatic N) is 3. The summed E-state index contributed by atoms with van der Waals surface area (Å²) in [6.07, 6.45) is 9.65. The van der Waals surface area contributed by atoms with Crippen molar-refractivity contribution in [2.24, 2.45) is 0 Å². The Morgan fingerprint density at radius 3 is 3.06 bits per heavy atom. The normalized spacial score (nSPS) is 10.9. The van der Waals surface area contributed by atoms with E-state index in [0.29, 0.717) is 0 Å². The van der Waals surface area contributed by atoms with E-state index in [9.17, 15) is 0 Å². The van der Waals surface area contributed by atoms with Crippen LogP contribution in [0.5, 0.6) is 0 Å². The first kappa shape index (κ1) is 12.5. The number of halogens is 1. The van der Waals surface area contributed by atoms with Gasteiger partial charge in [0.25, 0.3) is 0 Å². The van der Waals surface area contributed by atoms with E-state index < -0.39 is 0 Å². The van der Waals surface area contributed by atoms with Crippen molar-refractivity contribution >= 4 is 22.9 Å². The molecule has 0 aliphatic heterocycles. The molecule has 1 N–H and O–H groups in total. The first-order valence-electron chi connectivity index (χ1n) is 5.61. The van der Waals surface area contributed by atoms with E-state index in [0.717, 1.165) is 41.8 Å². The molecule has 0 amide bonds. The highest BCUT2D eigenvalue weighted by Gasteiger charge is 1.98. The molecule has 0 aromatic carbocycles. The van der Waals surface area contributed by atoms with Crippen molar-refractivity contribution in [3.8, 4) is 0 Å². The Morgan fingerprint density at radius 2 is 2.35 bits per heavy atom. The number of aryl methyl sites for hydroxylation is 1. The van der Waals surface area contributed by atoms with Crippen molar-refractivity contribution < 1.29 is 0 Å². The molecule has 0 atom stereocenters. The van der Waals surface area contributed by atoms with Crippen LogP contribution in [0.15, 0.2) is 24.9 Å². The van der Waals surface area contributed by atoms with Crippen LogP contribution in [-0.2, 0) is 13.1 Å². The van der Waals surface area contributed by atoms with E-state index in [4.69, 9.17) is 11.6 Å². The van der Waals surface area contributed by atoms with Gasteiger partial charge in [-0.3, -0.25) is 0 Å². The first-order chi connectivity index (χ1) is 8.34. The van der Waals surface area contributed by atoms with Crippen molar-refractivity contribution in [3.63, 3.8) is 0 Å². The summed E-state index contributed by atoms with van der Waals surface area (Å²) in [5.41, 5.74) is 0. The minimum Gasteiger partial charge on any atom is -0.337 e. The van der Waals surface area contributed by atoms with Gasteiger partial charge in [-0.25, -0.2) is 9.97 Å². The standard InChI is InChI=1S/C11H15ClN4S/c12-10-7-15-11(17-10)8-13-3-1-2-5-16-6-4-14-9-16/h4,6-7,9,13H,1-3,5,8H2. The number of hydrogen-bond acceptors (Lipinski definition) is 4. The minimum atomic E-state index is 0.752. The fourth-order valence-electron chi connectivity index (χ4n) is 1.53. The van der Waals surface area contributed by atoms with Crippen LogP contribution in [0.2, 0.25) is 4.34 Å². The molecule has 2 aromatic rings. The van der Waals surface area contributed by atoms with Gasteiger partial charge in [0, 0.05) is 25.5 Å². The van der Waals surface area contributed by atoms with Crippen LogP contribution in [0.4, 0.5) is 0 Å². The Hall–Kier alpha value is -0.910. The Balaban J connectivity index is 1.52. The number of aromatic nitrogens is 3. The topological polar surface area (TPSA) is 42.7 Å². The molecule has 0 saturated heterocycles. The van der Waals surface area contributed by atoms with Gasteiger partial charge in [0.15, 0.2) is 0 Å². The third-order valence-corrected chi connectivity index (χ3v) is 3.50. The van der Waals surface area contributed by atoms with E-state index >= 15 is 0 Å². The van der Waals surface area contributed by atoms with Gasteiger partial charge < -0.3 is 9.88 Å². The summed E-state index contributed by atoms with van der Waals surface area (Å²) < 4.78 is 2.85. The molecular formula is C11H15ClN4S. The minimum absolute atomic E-state index is 0.752. The zero-order chi connectivity index (χ0) is 11.9. The highest BCUT2D eigenvalue weighted by atomic mass is 35.5. The van der Waals surface area contributed by atoms with Crippen LogP contribution in [0.25, 0.3) is 0 Å². The van der Waals surface area contributed by atoms with Crippen LogP contribution >= 0.6 is 22.9 Å². The molecule has 92 valence electrons. The number of imidazole rings is 1. The van der Waals surface area contributed by atoms with Gasteiger partial charge in [-0.1, -0.05) is 11.6 Å². The highest BCUT2D eigenvalue weighted by molar-refractivity contribution is 7.15. The second kappa shape index (κ2) is 6.74. The quantitative estimate of drug-likeness (QED) is 0.787. The lowest BCUT2D eigenvalue weighted by Gasteiger charge is -2.03. The van der Waals surface area contributed by atoms with Gasteiger partial charge in [0.2, 0.25) is 0 Å². The molecule has 2 aromatic heterocycles. The molecule has 0 unspecified atom stereocenters. The summed E-state index contributed by atoms with van der Waals surface area (Å²) in [6, 6.07) is 0. The number of hydrogen-bond donors (Lipinski definition) is 1. The zero-order valence-electron chi connectivity index (χ0n) is 9.47. The SMILES string of the molecule is Clc1cnc(CNCCCCn2ccnc2)s1. The molecular weight excluding hydrogens is 256 g/mol. The van der Waals surface area contributed by atoms with Crippen LogP contribution < -0.4 is 5.32 Å². The monoisotopic (exact) mass is 270 g/mol. The van der Waals surface area contributed by atoms with Crippen LogP contribution in [0.1, 0.15) is 17.8 Å². The lowest BCUT2D eigenvalue weighted by molar-refractivity contribution is 0.567. The Kier molecular flexibility index (Phi) is 4.97. The van der Waals surface area contributed by atoms with Crippen molar-refractivity contribution in [1.29, 1.82) is 0 Å². The Labute approximate surface area is 110 Å². The summed E-state index contributed by atoms with van der Waals surface area (Å²) in [4.78, 5) is 8.19. The van der Waals surface area contributed by atoms with Gasteiger partial charge in [0.1, 0.15) is 9.34 Å². The summed E-state index contributed by atoms with van der Waals surface area (Å²) in [5.74, 6) is 0. The van der Waals surface area contributed by atoms with Crippen LogP contribution in [0, 0.1) is 0 Å². The molecule has 2 rings (SSSR count). The smallest absolute Gasteiger partial charge is 0.113 e. The molecule has 0 radical (unpaired) electrons. The van der Waals surface area contributed by atoms with E-state index in [-0.39, 0.29) is 0 Å². The second-order valence-electron chi connectivity index (χ2n) is 3.74. The van der Waals surface area contributed by atoms with Crippen molar-refractivity contribution in [2.45, 2.75) is 25.9 Å². The molecule has 6 heteroatoms. The van der Waals surface area contributed by atoms with E-state index in [1.54, 1.807) is 6.20 Å². The first-order valence-corrected chi connectivity index (χ1v) is 6.81. The summed E-state index contributed by atoms with van der Waals surface area (Å²) in [7, 11) is 0. The van der Waals surface area contributed by atoms with Gasteiger partial charge in [-0.15, -0.1) is 11.3 Å². The number of thiazole rings is 1. The third-order valence-electron chi connectivity index (χ3n) is 2.38. The maximum Gasteiger partial charge on any atom is 0.113 e. The van der Waals surface area contributed by atoms with Crippen molar-refractivity contribution in [2.75, 3.05) is 6.54 Å². The lowest BCUT2D eigenvalue weighted by Crippen LogP contribution is -2.14. The predicted molar refractivity (Wildman–Crippen MR) is 70.3 cm³/mol. The maximum absolute atomic E-state index is 5.80. The molecule has 0 saturated carbocycles. The molecule has 0 spiro atoms. The van der Waals surface area contributed by atoms with E-state index in [2.05, 4.69) is 19.9 Å². The van der Waals surface area contributed by atoms with Gasteiger partial charge in [-0.05, 0) is 19.4 Å². The fourth-order valence-corrected chi connectivity index (χ4v) is 2.45. The molecule has 4 nitrogen and oxygen atoms in total. The maximum atomic E-state index is 5.80. The zero-order valence-corrected chi connectivity index (χ0v) is 11.0. The molecule has 17 heavy (non-hydrogen) atoms. The average Bonchev–Trinajstić information content (AvgIpc) is 2.95. The molecule has 2 heterocycles. The molecule has 0 bridgehead atoms. The highest BCUT2D eigenvalue weighted by Crippen LogP contribution is 2.17. The van der Waals surface area contributed by atoms with Crippen molar-refractivity contribution in [3.05, 3.63) is 34.3 Å². The molecule has 0 aliphatic carbocycles. The van der Waals surface area contributed by atoms with E-state index in [1.165, 1.54) is 11.3 Å². The number of rotatable bonds is 7. The Bertz CT molecular complexity index is 426. The summed E-state index contributed by atoms with van der Waals surface area (Å²) in [6.45, 7) is 2.85. The predicted octanol–water partition coefficient (Wildman–Crippen LogP) is 2.56. The summed E-state index contributed by atoms with van der Waals surface area (Å²) >= 11 is 7.33. The second-order valence-corrected chi connectivity index (χ2v) is 5.49. The Morgan fingerprint density at radius 1 is 1.41 bits per heavy atom. The van der Waals surface area contributed by atoms with Gasteiger partial charge >= 0.3 is 0 Å². The average molecular weight is 271 g/mol. The largest absolute Gasteiger partial charge is 0.337 e. The van der Waals surface area contributed by atoms with Crippen LogP contribution in [-0.4, -0.2) is 21.1 Å². The number of nitrogens with one attached hydrogen (secondary N) is 1. The lowest BCUT2D eigenvalue weighted by atomic mass is 10.3. The third kappa shape index (κ3) is 4.46. The summed E-state index contributed by atoms with van der Waals surface area (Å²) in [5, 5.41) is 4.41. The van der Waals surface area contributed by atoms with Crippen LogP contribution in [0.3, 0.4) is 0 Å². The van der Waals surface area contributed by atoms with Gasteiger partial charge in [-0.2, -0.15) is 0 Å². The van der Waals surface area contributed by atoms with E-state index in [1.807, 2.05) is 18.7 Å². The fraction of sp³-hybridized carbons (Fsp3) is 0.455.